The van der Waals surface area contributed by atoms with Gasteiger partial charge in [0.1, 0.15) is 6.04 Å². The molecule has 7 atom stereocenters. The van der Waals surface area contributed by atoms with Crippen molar-refractivity contribution in [3.63, 3.8) is 0 Å². The summed E-state index contributed by atoms with van der Waals surface area (Å²) >= 11 is 3.93. The highest BCUT2D eigenvalue weighted by Gasteiger charge is 2.58. The third kappa shape index (κ3) is 4.09. The van der Waals surface area contributed by atoms with Crippen LogP contribution in [-0.2, 0) is 14.4 Å². The molecule has 8 heteroatoms. The van der Waals surface area contributed by atoms with Crippen LogP contribution in [0.25, 0.3) is 0 Å². The number of carboxylic acid groups (broad SMARTS) is 1. The second kappa shape index (κ2) is 9.01. The van der Waals surface area contributed by atoms with Crippen LogP contribution in [0, 0.1) is 28.6 Å². The zero-order valence-corrected chi connectivity index (χ0v) is 19.9. The van der Waals surface area contributed by atoms with Crippen molar-refractivity contribution in [2.75, 3.05) is 12.4 Å². The predicted molar refractivity (Wildman–Crippen MR) is 125 cm³/mol. The number of aliphatic hydroxyl groups is 1. The van der Waals surface area contributed by atoms with E-state index in [1.807, 2.05) is 0 Å². The fourth-order valence-electron chi connectivity index (χ4n) is 7.21. The van der Waals surface area contributed by atoms with Crippen LogP contribution in [0.3, 0.4) is 0 Å². The number of thiol groups is 1. The number of carboxylic acids is 1. The van der Waals surface area contributed by atoms with E-state index in [-0.39, 0.29) is 29.3 Å². The normalized spacial score (nSPS) is 40.5. The maximum Gasteiger partial charge on any atom is 0.327 e. The third-order valence-electron chi connectivity index (χ3n) is 9.12. The van der Waals surface area contributed by atoms with E-state index in [0.717, 1.165) is 44.2 Å². The van der Waals surface area contributed by atoms with Crippen molar-refractivity contribution in [1.82, 2.24) is 5.32 Å². The lowest BCUT2D eigenvalue weighted by molar-refractivity contribution is -0.141. The lowest BCUT2D eigenvalue weighted by atomic mass is 9.47. The van der Waals surface area contributed by atoms with Gasteiger partial charge in [-0.05, 0) is 86.0 Å². The molecule has 0 aliphatic heterocycles. The lowest BCUT2D eigenvalue weighted by Crippen LogP contribution is -2.51. The first kappa shape index (κ1) is 23.6. The molecule has 0 unspecified atom stereocenters. The highest BCUT2D eigenvalue weighted by atomic mass is 32.1. The van der Waals surface area contributed by atoms with Gasteiger partial charge in [-0.1, -0.05) is 24.6 Å². The summed E-state index contributed by atoms with van der Waals surface area (Å²) in [4.78, 5) is 28.1. The molecule has 1 amide bonds. The van der Waals surface area contributed by atoms with E-state index >= 15 is 0 Å². The molecular formula is C24H36N2O5S. The Morgan fingerprint density at radius 1 is 1.22 bits per heavy atom. The number of carbonyl (C=O) groups is 2. The van der Waals surface area contributed by atoms with E-state index in [2.05, 4.69) is 43.0 Å². The Bertz CT molecular complexity index is 829. The van der Waals surface area contributed by atoms with E-state index in [9.17, 15) is 14.7 Å². The summed E-state index contributed by atoms with van der Waals surface area (Å²) in [6.07, 6.45) is 10.5. The van der Waals surface area contributed by atoms with E-state index < -0.39 is 17.9 Å². The van der Waals surface area contributed by atoms with Gasteiger partial charge in [0.2, 0.25) is 0 Å². The van der Waals surface area contributed by atoms with Crippen molar-refractivity contribution < 1.29 is 24.6 Å². The van der Waals surface area contributed by atoms with Gasteiger partial charge in [0.25, 0.3) is 5.91 Å². The summed E-state index contributed by atoms with van der Waals surface area (Å²) in [5.74, 6) is 0.365. The molecule has 178 valence electrons. The minimum atomic E-state index is -1.12. The molecule has 4 rings (SSSR count). The van der Waals surface area contributed by atoms with Gasteiger partial charge in [0, 0.05) is 5.75 Å². The Kier molecular flexibility index (Phi) is 6.65. The minimum Gasteiger partial charge on any atom is -0.480 e. The zero-order chi connectivity index (χ0) is 23.1. The van der Waals surface area contributed by atoms with Gasteiger partial charge in [0.15, 0.2) is 6.61 Å². The lowest BCUT2D eigenvalue weighted by Gasteiger charge is -2.57. The number of hydrogen-bond donors (Lipinski definition) is 4. The van der Waals surface area contributed by atoms with Gasteiger partial charge >= 0.3 is 5.97 Å². The van der Waals surface area contributed by atoms with Gasteiger partial charge in [-0.2, -0.15) is 12.6 Å². The summed E-state index contributed by atoms with van der Waals surface area (Å²) in [7, 11) is 0. The Hall–Kier alpha value is -1.54. The molecule has 3 N–H and O–H groups in total. The Labute approximate surface area is 195 Å². The molecule has 4 aliphatic carbocycles. The number of hydrogen-bond acceptors (Lipinski definition) is 6. The summed E-state index contributed by atoms with van der Waals surface area (Å²) in [6.45, 7) is 4.42. The van der Waals surface area contributed by atoms with Crippen LogP contribution >= 0.6 is 12.6 Å². The predicted octanol–water partition coefficient (Wildman–Crippen LogP) is 3.18. The average molecular weight is 465 g/mol. The molecule has 0 aromatic heterocycles. The molecular weight excluding hydrogens is 428 g/mol. The number of allylic oxidation sites excluding steroid dienone is 2. The number of nitrogens with zero attached hydrogens (tertiary/aromatic N) is 1. The molecule has 4 aliphatic rings. The van der Waals surface area contributed by atoms with Crippen molar-refractivity contribution in [1.29, 1.82) is 0 Å². The number of amides is 1. The third-order valence-corrected chi connectivity index (χ3v) is 9.49. The molecule has 3 fully saturated rings. The molecule has 0 bridgehead atoms. The summed E-state index contributed by atoms with van der Waals surface area (Å²) in [6, 6.07) is -1.03. The molecule has 0 radical (unpaired) electrons. The molecule has 0 saturated heterocycles. The number of aliphatic carboxylic acids is 1. The van der Waals surface area contributed by atoms with Crippen LogP contribution in [0.2, 0.25) is 0 Å². The van der Waals surface area contributed by atoms with E-state index in [0.29, 0.717) is 17.8 Å². The Morgan fingerprint density at radius 3 is 2.72 bits per heavy atom. The molecule has 0 spiro atoms. The van der Waals surface area contributed by atoms with Gasteiger partial charge in [-0.15, -0.1) is 0 Å². The van der Waals surface area contributed by atoms with Crippen LogP contribution < -0.4 is 5.32 Å². The van der Waals surface area contributed by atoms with Gasteiger partial charge in [-0.25, -0.2) is 4.79 Å². The molecule has 32 heavy (non-hydrogen) atoms. The van der Waals surface area contributed by atoms with Crippen LogP contribution in [0.4, 0.5) is 0 Å². The molecule has 0 aromatic rings. The van der Waals surface area contributed by atoms with Crippen molar-refractivity contribution in [2.45, 2.75) is 77.4 Å². The van der Waals surface area contributed by atoms with E-state index in [1.165, 1.54) is 18.4 Å². The summed E-state index contributed by atoms with van der Waals surface area (Å²) in [5, 5.41) is 26.2. The number of fused-ring (bicyclic) bond motifs is 5. The SMILES string of the molecule is C[C@]12CC[C@H]3[C@@H](CCC4=C/C(=N/OCC(=O)N[C@H](CS)C(=O)O)CC[C@@]43C)[C@@H]1CC[C@@H]2O. The Morgan fingerprint density at radius 2 is 2.00 bits per heavy atom. The van der Waals surface area contributed by atoms with E-state index in [4.69, 9.17) is 9.94 Å². The van der Waals surface area contributed by atoms with Crippen LogP contribution in [-0.4, -0.2) is 52.3 Å². The maximum absolute atomic E-state index is 11.9. The first-order valence-corrected chi connectivity index (χ1v) is 12.5. The molecule has 0 heterocycles. The van der Waals surface area contributed by atoms with Crippen LogP contribution in [0.15, 0.2) is 16.8 Å². The van der Waals surface area contributed by atoms with Gasteiger partial charge < -0.3 is 20.4 Å². The first-order chi connectivity index (χ1) is 15.2. The number of oxime groups is 1. The van der Waals surface area contributed by atoms with Gasteiger partial charge in [-0.3, -0.25) is 4.79 Å². The van der Waals surface area contributed by atoms with Crippen molar-refractivity contribution in [3.05, 3.63) is 11.6 Å². The topological polar surface area (TPSA) is 108 Å². The van der Waals surface area contributed by atoms with Crippen LogP contribution in [0.5, 0.6) is 0 Å². The number of carbonyl (C=O) groups excluding carboxylic acids is 1. The van der Waals surface area contributed by atoms with Crippen molar-refractivity contribution in [2.24, 2.45) is 33.7 Å². The van der Waals surface area contributed by atoms with Crippen LogP contribution in [0.1, 0.15) is 65.2 Å². The van der Waals surface area contributed by atoms with E-state index in [1.54, 1.807) is 0 Å². The fourth-order valence-corrected chi connectivity index (χ4v) is 7.46. The summed E-state index contributed by atoms with van der Waals surface area (Å²) < 4.78 is 0. The highest BCUT2D eigenvalue weighted by molar-refractivity contribution is 7.80. The molecule has 3 saturated carbocycles. The monoisotopic (exact) mass is 464 g/mol. The molecule has 0 aromatic carbocycles. The maximum atomic E-state index is 11.9. The summed E-state index contributed by atoms with van der Waals surface area (Å²) in [5.41, 5.74) is 2.57. The Balaban J connectivity index is 1.39. The first-order valence-electron chi connectivity index (χ1n) is 11.9. The standard InChI is InChI=1S/C24H36N2O5S/c1-23-9-7-15(26-31-12-21(28)25-19(13-32)22(29)30)11-14(23)3-4-16-17-5-6-20(27)24(17,2)10-8-18(16)23/h11,16-20,27,32H,3-10,12-13H2,1-2H3,(H,25,28)(H,29,30)/b26-15+/t16-,17-,18-,19+,20-,23-,24-/m0/s1. The minimum absolute atomic E-state index is 0.0153. The smallest absolute Gasteiger partial charge is 0.327 e. The quantitative estimate of drug-likeness (QED) is 0.357. The second-order valence-corrected chi connectivity index (χ2v) is 11.0. The number of nitrogens with one attached hydrogen (secondary N) is 1. The highest BCUT2D eigenvalue weighted by Crippen LogP contribution is 2.65. The van der Waals surface area contributed by atoms with Crippen molar-refractivity contribution >= 4 is 30.2 Å². The largest absolute Gasteiger partial charge is 0.480 e. The number of rotatable bonds is 6. The second-order valence-electron chi connectivity index (χ2n) is 10.6. The number of aliphatic hydroxyl groups excluding tert-OH is 1. The average Bonchev–Trinajstić information content (AvgIpc) is 3.06. The fraction of sp³-hybridized carbons (Fsp3) is 0.792. The van der Waals surface area contributed by atoms with Crippen molar-refractivity contribution in [3.8, 4) is 0 Å². The zero-order valence-electron chi connectivity index (χ0n) is 19.0. The molecule has 7 nitrogen and oxygen atoms in total. The van der Waals surface area contributed by atoms with Gasteiger partial charge in [0.05, 0.1) is 11.8 Å².